The number of hydrogen-bond acceptors (Lipinski definition) is 3. The molecule has 0 fully saturated rings. The SMILES string of the molecule is Cc1ccc(NCC(O)COC(C)(C)C)cc1I. The normalized spacial score (nSPS) is 13.4. The van der Waals surface area contributed by atoms with Crippen molar-refractivity contribution in [1.29, 1.82) is 0 Å². The number of rotatable bonds is 5. The first-order valence-corrected chi connectivity index (χ1v) is 7.18. The molecule has 0 saturated carbocycles. The van der Waals surface area contributed by atoms with Gasteiger partial charge in [-0.2, -0.15) is 0 Å². The summed E-state index contributed by atoms with van der Waals surface area (Å²) in [7, 11) is 0. The van der Waals surface area contributed by atoms with Crippen molar-refractivity contribution in [2.24, 2.45) is 0 Å². The summed E-state index contributed by atoms with van der Waals surface area (Å²) in [5.74, 6) is 0. The van der Waals surface area contributed by atoms with Gasteiger partial charge in [0.1, 0.15) is 0 Å². The lowest BCUT2D eigenvalue weighted by Gasteiger charge is -2.22. The summed E-state index contributed by atoms with van der Waals surface area (Å²) in [6, 6.07) is 6.17. The molecule has 0 aliphatic rings. The van der Waals surface area contributed by atoms with Crippen molar-refractivity contribution < 1.29 is 9.84 Å². The standard InChI is InChI=1S/C14H22INO2/c1-10-5-6-11(7-13(10)15)16-8-12(17)9-18-14(2,3)4/h5-7,12,16-17H,8-9H2,1-4H3. The third-order valence-corrected chi connectivity index (χ3v) is 3.58. The van der Waals surface area contributed by atoms with E-state index in [1.165, 1.54) is 9.13 Å². The molecule has 0 radical (unpaired) electrons. The van der Waals surface area contributed by atoms with Crippen LogP contribution in [0, 0.1) is 10.5 Å². The van der Waals surface area contributed by atoms with Gasteiger partial charge in [-0.15, -0.1) is 0 Å². The van der Waals surface area contributed by atoms with Gasteiger partial charge in [0.15, 0.2) is 0 Å². The molecule has 0 aliphatic carbocycles. The zero-order valence-corrected chi connectivity index (χ0v) is 13.6. The number of anilines is 1. The lowest BCUT2D eigenvalue weighted by atomic mass is 10.2. The Kier molecular flexibility index (Phi) is 5.88. The molecular formula is C14H22INO2. The van der Waals surface area contributed by atoms with E-state index in [0.717, 1.165) is 5.69 Å². The number of hydrogen-bond donors (Lipinski definition) is 2. The summed E-state index contributed by atoms with van der Waals surface area (Å²) >= 11 is 2.31. The summed E-state index contributed by atoms with van der Waals surface area (Å²) in [6.45, 7) is 8.87. The van der Waals surface area contributed by atoms with Crippen LogP contribution in [0.3, 0.4) is 0 Å². The summed E-state index contributed by atoms with van der Waals surface area (Å²) in [4.78, 5) is 0. The second-order valence-corrected chi connectivity index (χ2v) is 6.58. The van der Waals surface area contributed by atoms with Crippen LogP contribution in [0.1, 0.15) is 26.3 Å². The molecule has 0 spiro atoms. The van der Waals surface area contributed by atoms with E-state index in [1.807, 2.05) is 26.8 Å². The van der Waals surface area contributed by atoms with Gasteiger partial charge < -0.3 is 15.2 Å². The van der Waals surface area contributed by atoms with Gasteiger partial charge in [-0.25, -0.2) is 0 Å². The van der Waals surface area contributed by atoms with Crippen molar-refractivity contribution in [3.8, 4) is 0 Å². The smallest absolute Gasteiger partial charge is 0.0945 e. The van der Waals surface area contributed by atoms with Crippen LogP contribution in [0.25, 0.3) is 0 Å². The first kappa shape index (κ1) is 15.7. The zero-order chi connectivity index (χ0) is 13.8. The van der Waals surface area contributed by atoms with Gasteiger partial charge >= 0.3 is 0 Å². The molecule has 2 N–H and O–H groups in total. The number of aryl methyl sites for hydroxylation is 1. The minimum Gasteiger partial charge on any atom is -0.389 e. The highest BCUT2D eigenvalue weighted by molar-refractivity contribution is 14.1. The Balaban J connectivity index is 2.38. The summed E-state index contributed by atoms with van der Waals surface area (Å²) < 4.78 is 6.75. The van der Waals surface area contributed by atoms with Crippen LogP contribution < -0.4 is 5.32 Å². The first-order valence-electron chi connectivity index (χ1n) is 6.10. The molecule has 3 nitrogen and oxygen atoms in total. The predicted octanol–water partition coefficient (Wildman–Crippen LogP) is 3.19. The molecule has 0 bridgehead atoms. The Morgan fingerprint density at radius 3 is 2.61 bits per heavy atom. The second-order valence-electron chi connectivity index (χ2n) is 5.42. The maximum Gasteiger partial charge on any atom is 0.0945 e. The molecule has 4 heteroatoms. The van der Waals surface area contributed by atoms with E-state index < -0.39 is 6.10 Å². The predicted molar refractivity (Wildman–Crippen MR) is 84.1 cm³/mol. The van der Waals surface area contributed by atoms with Gasteiger partial charge in [0.25, 0.3) is 0 Å². The van der Waals surface area contributed by atoms with Crippen LogP contribution in [0.15, 0.2) is 18.2 Å². The fraction of sp³-hybridized carbons (Fsp3) is 0.571. The third kappa shape index (κ3) is 6.02. The van der Waals surface area contributed by atoms with Crippen molar-refractivity contribution in [2.45, 2.75) is 39.4 Å². The highest BCUT2D eigenvalue weighted by Gasteiger charge is 2.13. The number of nitrogens with one attached hydrogen (secondary N) is 1. The molecule has 0 amide bonds. The van der Waals surface area contributed by atoms with E-state index in [2.05, 4.69) is 47.0 Å². The van der Waals surface area contributed by atoms with E-state index in [1.54, 1.807) is 0 Å². The number of benzene rings is 1. The monoisotopic (exact) mass is 363 g/mol. The highest BCUT2D eigenvalue weighted by Crippen LogP contribution is 2.17. The number of halogens is 1. The van der Waals surface area contributed by atoms with Gasteiger partial charge in [-0.05, 0) is 68.0 Å². The van der Waals surface area contributed by atoms with Crippen LogP contribution in [0.4, 0.5) is 5.69 Å². The average molecular weight is 363 g/mol. The van der Waals surface area contributed by atoms with Gasteiger partial charge in [-0.3, -0.25) is 0 Å². The number of ether oxygens (including phenoxy) is 1. The second kappa shape index (κ2) is 6.73. The number of aliphatic hydroxyl groups excluding tert-OH is 1. The van der Waals surface area contributed by atoms with Crippen LogP contribution in [-0.2, 0) is 4.74 Å². The van der Waals surface area contributed by atoms with E-state index in [0.29, 0.717) is 13.2 Å². The molecule has 1 rings (SSSR count). The summed E-state index contributed by atoms with van der Waals surface area (Å²) in [5.41, 5.74) is 2.08. The Morgan fingerprint density at radius 1 is 1.39 bits per heavy atom. The molecule has 0 aromatic heterocycles. The van der Waals surface area contributed by atoms with Crippen molar-refractivity contribution in [1.82, 2.24) is 0 Å². The van der Waals surface area contributed by atoms with Gasteiger partial charge in [0.05, 0.1) is 18.3 Å². The minimum atomic E-state index is -0.497. The van der Waals surface area contributed by atoms with Crippen molar-refractivity contribution in [3.05, 3.63) is 27.3 Å². The zero-order valence-electron chi connectivity index (χ0n) is 11.5. The summed E-state index contributed by atoms with van der Waals surface area (Å²) in [5, 5.41) is 13.0. The maximum atomic E-state index is 9.81. The van der Waals surface area contributed by atoms with E-state index in [9.17, 15) is 5.11 Å². The number of aliphatic hydroxyl groups is 1. The van der Waals surface area contributed by atoms with E-state index in [4.69, 9.17) is 4.74 Å². The van der Waals surface area contributed by atoms with Gasteiger partial charge in [-0.1, -0.05) is 6.07 Å². The van der Waals surface area contributed by atoms with Crippen molar-refractivity contribution >= 4 is 28.3 Å². The lowest BCUT2D eigenvalue weighted by molar-refractivity contribution is -0.0449. The largest absolute Gasteiger partial charge is 0.389 e. The molecule has 1 aromatic carbocycles. The average Bonchev–Trinajstić information content (AvgIpc) is 2.27. The van der Waals surface area contributed by atoms with Gasteiger partial charge in [0.2, 0.25) is 0 Å². The molecule has 1 aromatic rings. The lowest BCUT2D eigenvalue weighted by Crippen LogP contribution is -2.30. The molecule has 0 aliphatic heterocycles. The van der Waals surface area contributed by atoms with E-state index >= 15 is 0 Å². The minimum absolute atomic E-state index is 0.208. The molecule has 0 heterocycles. The first-order chi connectivity index (χ1) is 8.28. The fourth-order valence-electron chi connectivity index (χ4n) is 1.34. The molecule has 102 valence electrons. The van der Waals surface area contributed by atoms with Crippen molar-refractivity contribution in [2.75, 3.05) is 18.5 Å². The Morgan fingerprint density at radius 2 is 2.06 bits per heavy atom. The molecule has 0 saturated heterocycles. The fourth-order valence-corrected chi connectivity index (χ4v) is 1.86. The third-order valence-electron chi connectivity index (χ3n) is 2.42. The van der Waals surface area contributed by atoms with Gasteiger partial charge in [0, 0.05) is 15.8 Å². The highest BCUT2D eigenvalue weighted by atomic mass is 127. The molecule has 18 heavy (non-hydrogen) atoms. The molecular weight excluding hydrogens is 341 g/mol. The summed E-state index contributed by atoms with van der Waals surface area (Å²) in [6.07, 6.45) is -0.497. The van der Waals surface area contributed by atoms with Crippen LogP contribution in [0.2, 0.25) is 0 Å². The van der Waals surface area contributed by atoms with Crippen LogP contribution in [0.5, 0.6) is 0 Å². The van der Waals surface area contributed by atoms with Crippen LogP contribution >= 0.6 is 22.6 Å². The topological polar surface area (TPSA) is 41.5 Å². The Hall–Kier alpha value is -0.330. The molecule has 1 unspecified atom stereocenters. The maximum absolute atomic E-state index is 9.81. The quantitative estimate of drug-likeness (QED) is 0.790. The Bertz CT molecular complexity index is 388. The van der Waals surface area contributed by atoms with E-state index in [-0.39, 0.29) is 5.60 Å². The van der Waals surface area contributed by atoms with Crippen molar-refractivity contribution in [3.63, 3.8) is 0 Å². The van der Waals surface area contributed by atoms with Crippen LogP contribution in [-0.4, -0.2) is 30.0 Å². The molecule has 1 atom stereocenters. The Labute approximate surface area is 123 Å².